The van der Waals surface area contributed by atoms with Crippen LogP contribution in [0.25, 0.3) is 0 Å². The lowest BCUT2D eigenvalue weighted by atomic mass is 10.2. The zero-order valence-electron chi connectivity index (χ0n) is 15.6. The first kappa shape index (κ1) is 20.2. The molecule has 1 aliphatic heterocycles. The molecule has 0 bridgehead atoms. The minimum Gasteiger partial charge on any atom is -0.370 e. The van der Waals surface area contributed by atoms with Crippen molar-refractivity contribution in [2.24, 2.45) is 12.0 Å². The molecule has 146 valence electrons. The number of hydrogen-bond acceptors (Lipinski definition) is 3. The molecule has 1 aromatic carbocycles. The van der Waals surface area contributed by atoms with Gasteiger partial charge in [-0.15, -0.1) is 0 Å². The number of thioether (sulfide) groups is 1. The van der Waals surface area contributed by atoms with Gasteiger partial charge in [-0.25, -0.2) is 0 Å². The van der Waals surface area contributed by atoms with Crippen LogP contribution in [-0.4, -0.2) is 42.2 Å². The monoisotopic (exact) mass is 425 g/mol. The summed E-state index contributed by atoms with van der Waals surface area (Å²) in [7, 11) is 3.65. The highest BCUT2D eigenvalue weighted by molar-refractivity contribution is 7.99. The lowest BCUT2D eigenvalue weighted by Gasteiger charge is -2.28. The van der Waals surface area contributed by atoms with Crippen LogP contribution in [0, 0.1) is 0 Å². The van der Waals surface area contributed by atoms with Crippen molar-refractivity contribution in [1.82, 2.24) is 15.2 Å². The van der Waals surface area contributed by atoms with Gasteiger partial charge < -0.3 is 20.1 Å². The predicted octanol–water partition coefficient (Wildman–Crippen LogP) is 3.75. The van der Waals surface area contributed by atoms with Crippen LogP contribution in [0.1, 0.15) is 11.3 Å². The van der Waals surface area contributed by atoms with Crippen molar-refractivity contribution in [1.29, 1.82) is 0 Å². The molecule has 0 spiro atoms. The molecule has 1 aromatic heterocycles. The van der Waals surface area contributed by atoms with Crippen LogP contribution in [0.2, 0.25) is 10.2 Å². The Labute approximate surface area is 175 Å². The van der Waals surface area contributed by atoms with Gasteiger partial charge in [0.25, 0.3) is 0 Å². The highest BCUT2D eigenvalue weighted by Crippen LogP contribution is 2.25. The predicted molar refractivity (Wildman–Crippen MR) is 118 cm³/mol. The molecule has 0 amide bonds. The molecule has 3 rings (SSSR count). The molecule has 0 radical (unpaired) electrons. The quantitative estimate of drug-likeness (QED) is 0.565. The van der Waals surface area contributed by atoms with Crippen molar-refractivity contribution < 1.29 is 0 Å². The Bertz CT molecular complexity index is 782. The van der Waals surface area contributed by atoms with Gasteiger partial charge in [0.15, 0.2) is 5.96 Å². The fourth-order valence-electron chi connectivity index (χ4n) is 2.99. The van der Waals surface area contributed by atoms with Gasteiger partial charge in [0.2, 0.25) is 0 Å². The Hall–Kier alpha value is -1.50. The molecule has 8 heteroatoms. The smallest absolute Gasteiger partial charge is 0.191 e. The van der Waals surface area contributed by atoms with Crippen LogP contribution >= 0.6 is 35.0 Å². The average Bonchev–Trinajstić information content (AvgIpc) is 2.96. The summed E-state index contributed by atoms with van der Waals surface area (Å²) in [6.45, 7) is 3.57. The van der Waals surface area contributed by atoms with E-state index in [9.17, 15) is 0 Å². The first-order valence-corrected chi connectivity index (χ1v) is 10.9. The minimum atomic E-state index is 0.545. The zero-order valence-corrected chi connectivity index (χ0v) is 18.0. The molecule has 0 unspecified atom stereocenters. The Morgan fingerprint density at radius 3 is 2.37 bits per heavy atom. The standard InChI is InChI=1S/C19H25Cl2N5S/c1-22-19(24-13-16-11-17(20)18(21)25(16)2)23-12-14-3-5-15(6-4-14)26-7-9-27-10-8-26/h3-6,11H,7-10,12-13H2,1-2H3,(H2,22,23,24). The van der Waals surface area contributed by atoms with E-state index in [0.717, 1.165) is 24.7 Å². The number of aliphatic imine (C=N–C) groups is 1. The molecule has 0 saturated carbocycles. The number of aromatic nitrogens is 1. The topological polar surface area (TPSA) is 44.6 Å². The van der Waals surface area contributed by atoms with E-state index in [1.807, 2.05) is 29.4 Å². The molecular formula is C19H25Cl2N5S. The Balaban J connectivity index is 1.51. The van der Waals surface area contributed by atoms with Crippen LogP contribution in [0.5, 0.6) is 0 Å². The second-order valence-electron chi connectivity index (χ2n) is 6.38. The SMILES string of the molecule is CN=C(NCc1ccc(N2CCSCC2)cc1)NCc1cc(Cl)c(Cl)n1C. The molecule has 1 saturated heterocycles. The molecule has 2 heterocycles. The number of hydrogen-bond donors (Lipinski definition) is 2. The first-order chi connectivity index (χ1) is 13.1. The van der Waals surface area contributed by atoms with Gasteiger partial charge in [0.05, 0.1) is 11.6 Å². The highest BCUT2D eigenvalue weighted by Gasteiger charge is 2.11. The Morgan fingerprint density at radius 2 is 1.78 bits per heavy atom. The van der Waals surface area contributed by atoms with Gasteiger partial charge in [-0.3, -0.25) is 4.99 Å². The molecule has 1 aliphatic rings. The summed E-state index contributed by atoms with van der Waals surface area (Å²) in [4.78, 5) is 6.73. The molecule has 2 aromatic rings. The summed E-state index contributed by atoms with van der Waals surface area (Å²) in [5, 5.41) is 7.74. The van der Waals surface area contributed by atoms with E-state index in [2.05, 4.69) is 44.8 Å². The molecule has 0 atom stereocenters. The Kier molecular flexibility index (Phi) is 7.21. The van der Waals surface area contributed by atoms with Crippen LogP contribution < -0.4 is 15.5 Å². The maximum atomic E-state index is 6.11. The summed E-state index contributed by atoms with van der Waals surface area (Å²) < 4.78 is 1.86. The van der Waals surface area contributed by atoms with Gasteiger partial charge in [-0.2, -0.15) is 11.8 Å². The highest BCUT2D eigenvalue weighted by atomic mass is 35.5. The third kappa shape index (κ3) is 5.27. The van der Waals surface area contributed by atoms with E-state index in [0.29, 0.717) is 23.3 Å². The van der Waals surface area contributed by atoms with Crippen LogP contribution in [-0.2, 0) is 20.1 Å². The first-order valence-electron chi connectivity index (χ1n) is 8.94. The van der Waals surface area contributed by atoms with Crippen molar-refractivity contribution in [2.45, 2.75) is 13.1 Å². The normalized spacial score (nSPS) is 15.1. The second-order valence-corrected chi connectivity index (χ2v) is 8.37. The average molecular weight is 426 g/mol. The van der Waals surface area contributed by atoms with Gasteiger partial charge in [-0.1, -0.05) is 35.3 Å². The molecular weight excluding hydrogens is 401 g/mol. The minimum absolute atomic E-state index is 0.545. The summed E-state index contributed by atoms with van der Waals surface area (Å²) in [6, 6.07) is 10.6. The van der Waals surface area contributed by atoms with Crippen molar-refractivity contribution in [3.63, 3.8) is 0 Å². The van der Waals surface area contributed by atoms with Gasteiger partial charge in [-0.05, 0) is 23.8 Å². The number of anilines is 1. The zero-order chi connectivity index (χ0) is 19.2. The Morgan fingerprint density at radius 1 is 1.11 bits per heavy atom. The molecule has 2 N–H and O–H groups in total. The number of nitrogens with zero attached hydrogens (tertiary/aromatic N) is 3. The van der Waals surface area contributed by atoms with E-state index in [4.69, 9.17) is 23.2 Å². The number of guanidine groups is 1. The van der Waals surface area contributed by atoms with E-state index in [1.165, 1.54) is 22.8 Å². The third-order valence-electron chi connectivity index (χ3n) is 4.65. The van der Waals surface area contributed by atoms with E-state index < -0.39 is 0 Å². The molecule has 5 nitrogen and oxygen atoms in total. The number of benzene rings is 1. The lowest BCUT2D eigenvalue weighted by molar-refractivity contribution is 0.750. The number of halogens is 2. The van der Waals surface area contributed by atoms with Gasteiger partial charge >= 0.3 is 0 Å². The largest absolute Gasteiger partial charge is 0.370 e. The van der Waals surface area contributed by atoms with Crippen molar-refractivity contribution in [3.8, 4) is 0 Å². The summed E-state index contributed by atoms with van der Waals surface area (Å²) >= 11 is 14.2. The van der Waals surface area contributed by atoms with Crippen molar-refractivity contribution >= 4 is 46.6 Å². The molecule has 0 aliphatic carbocycles. The molecule has 1 fully saturated rings. The van der Waals surface area contributed by atoms with Gasteiger partial charge in [0.1, 0.15) is 5.15 Å². The second kappa shape index (κ2) is 9.62. The summed E-state index contributed by atoms with van der Waals surface area (Å²) in [5.74, 6) is 3.16. The van der Waals surface area contributed by atoms with Crippen LogP contribution in [0.15, 0.2) is 35.3 Å². The number of rotatable bonds is 5. The summed E-state index contributed by atoms with van der Waals surface area (Å²) in [5.41, 5.74) is 3.52. The van der Waals surface area contributed by atoms with Crippen molar-refractivity contribution in [2.75, 3.05) is 36.5 Å². The fourth-order valence-corrected chi connectivity index (χ4v) is 4.30. The summed E-state index contributed by atoms with van der Waals surface area (Å²) in [6.07, 6.45) is 0. The van der Waals surface area contributed by atoms with E-state index in [1.54, 1.807) is 7.05 Å². The third-order valence-corrected chi connectivity index (χ3v) is 6.43. The molecule has 27 heavy (non-hydrogen) atoms. The van der Waals surface area contributed by atoms with Crippen LogP contribution in [0.4, 0.5) is 5.69 Å². The van der Waals surface area contributed by atoms with Crippen LogP contribution in [0.3, 0.4) is 0 Å². The fraction of sp³-hybridized carbons (Fsp3) is 0.421. The van der Waals surface area contributed by atoms with Gasteiger partial charge in [0, 0.05) is 56.6 Å². The lowest BCUT2D eigenvalue weighted by Crippen LogP contribution is -2.36. The maximum absolute atomic E-state index is 6.11. The van der Waals surface area contributed by atoms with Crippen molar-refractivity contribution in [3.05, 3.63) is 51.8 Å². The van der Waals surface area contributed by atoms with E-state index >= 15 is 0 Å². The van der Waals surface area contributed by atoms with E-state index in [-0.39, 0.29) is 0 Å². The number of nitrogens with one attached hydrogen (secondary N) is 2. The maximum Gasteiger partial charge on any atom is 0.191 e.